The molecule has 4 fully saturated rings. The first kappa shape index (κ1) is 13.0. The number of halogens is 1. The van der Waals surface area contributed by atoms with E-state index in [-0.39, 0.29) is 0 Å². The Hall–Kier alpha value is -0.0500. The van der Waals surface area contributed by atoms with Crippen LogP contribution in [0.25, 0.3) is 0 Å². The molecule has 4 saturated carbocycles. The molecule has 4 bridgehead atoms. The van der Waals surface area contributed by atoms with Crippen molar-refractivity contribution in [2.24, 2.45) is 23.2 Å². The molecule has 4 aliphatic carbocycles. The maximum absolute atomic E-state index is 12.0. The highest BCUT2D eigenvalue weighted by molar-refractivity contribution is 9.09. The highest BCUT2D eigenvalue weighted by Gasteiger charge is 2.51. The van der Waals surface area contributed by atoms with Crippen molar-refractivity contribution < 1.29 is 4.79 Å². The normalized spacial score (nSPS) is 41.1. The Morgan fingerprint density at radius 1 is 1.17 bits per heavy atom. The molecule has 0 unspecified atom stereocenters. The van der Waals surface area contributed by atoms with Crippen LogP contribution in [0.2, 0.25) is 0 Å². The number of alkyl halides is 1. The van der Waals surface area contributed by atoms with Gasteiger partial charge in [-0.3, -0.25) is 4.79 Å². The Labute approximate surface area is 119 Å². The van der Waals surface area contributed by atoms with E-state index in [2.05, 4.69) is 15.9 Å². The summed E-state index contributed by atoms with van der Waals surface area (Å²) in [7, 11) is 2.00. The van der Waals surface area contributed by atoms with Gasteiger partial charge in [-0.25, -0.2) is 0 Å². The Morgan fingerprint density at radius 3 is 2.11 bits per heavy atom. The molecule has 2 nitrogen and oxygen atoms in total. The average Bonchev–Trinajstić information content (AvgIpc) is 2.26. The maximum Gasteiger partial charge on any atom is 0.223 e. The fourth-order valence-electron chi connectivity index (χ4n) is 5.35. The minimum absolute atomic E-state index is 0.308. The Morgan fingerprint density at radius 2 is 1.67 bits per heavy atom. The number of nitrogens with zero attached hydrogens (tertiary/aromatic N) is 1. The highest BCUT2D eigenvalue weighted by atomic mass is 79.9. The van der Waals surface area contributed by atoms with Crippen LogP contribution in [0.15, 0.2) is 0 Å². The molecule has 3 heteroatoms. The van der Waals surface area contributed by atoms with Crippen molar-refractivity contribution in [2.45, 2.75) is 44.9 Å². The topological polar surface area (TPSA) is 20.3 Å². The van der Waals surface area contributed by atoms with Crippen molar-refractivity contribution in [3.05, 3.63) is 0 Å². The van der Waals surface area contributed by atoms with Gasteiger partial charge in [0.15, 0.2) is 0 Å². The van der Waals surface area contributed by atoms with Crippen LogP contribution in [-0.4, -0.2) is 29.7 Å². The summed E-state index contributed by atoms with van der Waals surface area (Å²) in [6, 6.07) is 0. The van der Waals surface area contributed by atoms with Gasteiger partial charge in [0.2, 0.25) is 5.91 Å². The molecule has 0 radical (unpaired) electrons. The third-order valence-corrected chi connectivity index (χ3v) is 5.87. The lowest BCUT2D eigenvalue weighted by atomic mass is 9.49. The largest absolute Gasteiger partial charge is 0.345 e. The van der Waals surface area contributed by atoms with Gasteiger partial charge in [0, 0.05) is 25.3 Å². The molecular formula is C15H24BrNO. The SMILES string of the molecule is CN(CC12CC3CC(CC(C3)C1)C2)C(=O)CCBr. The lowest BCUT2D eigenvalue weighted by Crippen LogP contribution is -2.51. The Bertz CT molecular complexity index is 306. The minimum atomic E-state index is 0.308. The van der Waals surface area contributed by atoms with Gasteiger partial charge in [0.05, 0.1) is 0 Å². The van der Waals surface area contributed by atoms with Crippen molar-refractivity contribution in [1.82, 2.24) is 4.90 Å². The van der Waals surface area contributed by atoms with Crippen LogP contribution in [0.1, 0.15) is 44.9 Å². The lowest BCUT2D eigenvalue weighted by molar-refractivity contribution is -0.134. The molecular weight excluding hydrogens is 290 g/mol. The van der Waals surface area contributed by atoms with Gasteiger partial charge in [-0.05, 0) is 61.7 Å². The summed E-state index contributed by atoms with van der Waals surface area (Å²) in [5, 5.41) is 0.789. The van der Waals surface area contributed by atoms with Crippen LogP contribution in [0.3, 0.4) is 0 Å². The molecule has 0 saturated heterocycles. The predicted octanol–water partition coefficient (Wildman–Crippen LogP) is 3.45. The van der Waals surface area contributed by atoms with Crippen molar-refractivity contribution in [2.75, 3.05) is 18.9 Å². The number of amides is 1. The van der Waals surface area contributed by atoms with Gasteiger partial charge < -0.3 is 4.90 Å². The van der Waals surface area contributed by atoms with Gasteiger partial charge in [0.1, 0.15) is 0 Å². The zero-order valence-electron chi connectivity index (χ0n) is 11.3. The Balaban J connectivity index is 1.66. The molecule has 0 aromatic heterocycles. The first-order valence-electron chi connectivity index (χ1n) is 7.40. The van der Waals surface area contributed by atoms with E-state index < -0.39 is 0 Å². The third kappa shape index (κ3) is 2.35. The fourth-order valence-corrected chi connectivity index (χ4v) is 5.69. The van der Waals surface area contributed by atoms with E-state index in [0.29, 0.717) is 17.7 Å². The fraction of sp³-hybridized carbons (Fsp3) is 0.933. The molecule has 0 N–H and O–H groups in total. The van der Waals surface area contributed by atoms with Crippen LogP contribution >= 0.6 is 15.9 Å². The zero-order valence-corrected chi connectivity index (χ0v) is 12.9. The number of hydrogen-bond acceptors (Lipinski definition) is 1. The van der Waals surface area contributed by atoms with Crippen LogP contribution in [-0.2, 0) is 4.79 Å². The van der Waals surface area contributed by atoms with Gasteiger partial charge in [-0.15, -0.1) is 0 Å². The summed E-state index contributed by atoms with van der Waals surface area (Å²) >= 11 is 3.36. The van der Waals surface area contributed by atoms with E-state index in [9.17, 15) is 4.79 Å². The van der Waals surface area contributed by atoms with Gasteiger partial charge in [0.25, 0.3) is 0 Å². The number of rotatable bonds is 4. The first-order valence-corrected chi connectivity index (χ1v) is 8.52. The second-order valence-corrected chi connectivity index (χ2v) is 7.90. The smallest absolute Gasteiger partial charge is 0.223 e. The summed E-state index contributed by atoms with van der Waals surface area (Å²) in [4.78, 5) is 14.0. The van der Waals surface area contributed by atoms with Crippen molar-refractivity contribution in [1.29, 1.82) is 0 Å². The van der Waals surface area contributed by atoms with Crippen molar-refractivity contribution >= 4 is 21.8 Å². The van der Waals surface area contributed by atoms with Crippen LogP contribution in [0, 0.1) is 23.2 Å². The molecule has 4 rings (SSSR count). The minimum Gasteiger partial charge on any atom is -0.345 e. The predicted molar refractivity (Wildman–Crippen MR) is 76.7 cm³/mol. The van der Waals surface area contributed by atoms with Crippen LogP contribution in [0.4, 0.5) is 0 Å². The molecule has 0 atom stereocenters. The summed E-state index contributed by atoms with van der Waals surface area (Å²) in [5.74, 6) is 3.26. The molecule has 0 heterocycles. The highest BCUT2D eigenvalue weighted by Crippen LogP contribution is 2.60. The van der Waals surface area contributed by atoms with Gasteiger partial charge in [-0.1, -0.05) is 15.9 Å². The molecule has 1 amide bonds. The standard InChI is InChI=1S/C15H24BrNO/c1-17(14(18)2-3-16)10-15-7-11-4-12(8-15)6-13(5-11)9-15/h11-13H,2-10H2,1H3. The van der Waals surface area contributed by atoms with Crippen LogP contribution < -0.4 is 0 Å². The third-order valence-electron chi connectivity index (χ3n) is 5.47. The number of carbonyl (C=O) groups is 1. The van der Waals surface area contributed by atoms with E-state index in [4.69, 9.17) is 0 Å². The monoisotopic (exact) mass is 313 g/mol. The van der Waals surface area contributed by atoms with E-state index in [0.717, 1.165) is 29.6 Å². The molecule has 18 heavy (non-hydrogen) atoms. The first-order chi connectivity index (χ1) is 8.60. The van der Waals surface area contributed by atoms with Gasteiger partial charge >= 0.3 is 0 Å². The summed E-state index contributed by atoms with van der Waals surface area (Å²) in [6.45, 7) is 1.02. The molecule has 0 aliphatic heterocycles. The van der Waals surface area contributed by atoms with E-state index >= 15 is 0 Å². The summed E-state index contributed by atoms with van der Waals surface area (Å²) in [6.07, 6.45) is 9.28. The summed E-state index contributed by atoms with van der Waals surface area (Å²) in [5.41, 5.74) is 0.492. The second-order valence-electron chi connectivity index (χ2n) is 7.11. The lowest BCUT2D eigenvalue weighted by Gasteiger charge is -2.57. The molecule has 0 spiro atoms. The molecule has 4 aliphatic rings. The van der Waals surface area contributed by atoms with E-state index in [1.165, 1.54) is 38.5 Å². The van der Waals surface area contributed by atoms with E-state index in [1.807, 2.05) is 11.9 Å². The number of carbonyl (C=O) groups excluding carboxylic acids is 1. The van der Waals surface area contributed by atoms with E-state index in [1.54, 1.807) is 0 Å². The van der Waals surface area contributed by atoms with Crippen molar-refractivity contribution in [3.63, 3.8) is 0 Å². The maximum atomic E-state index is 12.0. The second kappa shape index (κ2) is 4.81. The molecule has 0 aromatic carbocycles. The van der Waals surface area contributed by atoms with Gasteiger partial charge in [-0.2, -0.15) is 0 Å². The summed E-state index contributed by atoms with van der Waals surface area (Å²) < 4.78 is 0. The number of hydrogen-bond donors (Lipinski definition) is 0. The Kier molecular flexibility index (Phi) is 3.46. The van der Waals surface area contributed by atoms with Crippen molar-refractivity contribution in [3.8, 4) is 0 Å². The van der Waals surface area contributed by atoms with Crippen LogP contribution in [0.5, 0.6) is 0 Å². The quantitative estimate of drug-likeness (QED) is 0.728. The zero-order chi connectivity index (χ0) is 12.8. The molecule has 102 valence electrons. The molecule has 0 aromatic rings. The average molecular weight is 314 g/mol.